The number of carbonyl (C=O) groups excluding carboxylic acids is 1. The maximum atomic E-state index is 12.0. The van der Waals surface area contributed by atoms with Crippen LogP contribution in [0.15, 0.2) is 18.2 Å². The SMILES string of the molecule is Cc1cc(Cl)cc(C(=O)NCC2(O)CCCC2)c1. The average molecular weight is 268 g/mol. The van der Waals surface area contributed by atoms with Crippen LogP contribution in [0.4, 0.5) is 0 Å². The number of hydrogen-bond acceptors (Lipinski definition) is 2. The zero-order valence-electron chi connectivity index (χ0n) is 10.5. The van der Waals surface area contributed by atoms with Gasteiger partial charge in [0.1, 0.15) is 0 Å². The monoisotopic (exact) mass is 267 g/mol. The van der Waals surface area contributed by atoms with Crippen LogP contribution >= 0.6 is 11.6 Å². The summed E-state index contributed by atoms with van der Waals surface area (Å²) in [4.78, 5) is 12.0. The standard InChI is InChI=1S/C14H18ClNO2/c1-10-6-11(8-12(15)7-10)13(17)16-9-14(18)4-2-3-5-14/h6-8,18H,2-5,9H2,1H3,(H,16,17). The number of carbonyl (C=O) groups is 1. The molecule has 0 aliphatic heterocycles. The topological polar surface area (TPSA) is 49.3 Å². The molecule has 1 aliphatic rings. The third kappa shape index (κ3) is 3.24. The first-order chi connectivity index (χ1) is 8.48. The quantitative estimate of drug-likeness (QED) is 0.885. The van der Waals surface area contributed by atoms with Crippen LogP contribution in [0, 0.1) is 6.92 Å². The molecule has 18 heavy (non-hydrogen) atoms. The molecule has 1 saturated carbocycles. The van der Waals surface area contributed by atoms with Gasteiger partial charge in [-0.2, -0.15) is 0 Å². The van der Waals surface area contributed by atoms with E-state index in [-0.39, 0.29) is 5.91 Å². The highest BCUT2D eigenvalue weighted by Gasteiger charge is 2.31. The van der Waals surface area contributed by atoms with E-state index in [0.29, 0.717) is 17.1 Å². The first-order valence-electron chi connectivity index (χ1n) is 6.26. The fourth-order valence-corrected chi connectivity index (χ4v) is 2.71. The van der Waals surface area contributed by atoms with Gasteiger partial charge < -0.3 is 10.4 Å². The Morgan fingerprint density at radius 3 is 2.67 bits per heavy atom. The molecule has 0 radical (unpaired) electrons. The Balaban J connectivity index is 1.99. The molecule has 0 unspecified atom stereocenters. The zero-order chi connectivity index (χ0) is 13.2. The lowest BCUT2D eigenvalue weighted by molar-refractivity contribution is 0.0449. The van der Waals surface area contributed by atoms with Crippen LogP contribution in [0.1, 0.15) is 41.6 Å². The van der Waals surface area contributed by atoms with E-state index >= 15 is 0 Å². The summed E-state index contributed by atoms with van der Waals surface area (Å²) >= 11 is 5.92. The van der Waals surface area contributed by atoms with E-state index < -0.39 is 5.60 Å². The molecule has 0 atom stereocenters. The van der Waals surface area contributed by atoms with E-state index in [1.54, 1.807) is 12.1 Å². The maximum Gasteiger partial charge on any atom is 0.251 e. The fourth-order valence-electron chi connectivity index (χ4n) is 2.42. The first-order valence-corrected chi connectivity index (χ1v) is 6.64. The van der Waals surface area contributed by atoms with Crippen LogP contribution < -0.4 is 5.32 Å². The van der Waals surface area contributed by atoms with Crippen LogP contribution in [-0.2, 0) is 0 Å². The normalized spacial score (nSPS) is 17.7. The Kier molecular flexibility index (Phi) is 3.93. The summed E-state index contributed by atoms with van der Waals surface area (Å²) in [5.74, 6) is -0.180. The van der Waals surface area contributed by atoms with Crippen LogP contribution in [0.2, 0.25) is 5.02 Å². The van der Waals surface area contributed by atoms with E-state index in [9.17, 15) is 9.90 Å². The number of nitrogens with one attached hydrogen (secondary N) is 1. The minimum Gasteiger partial charge on any atom is -0.388 e. The summed E-state index contributed by atoms with van der Waals surface area (Å²) < 4.78 is 0. The number of aryl methyl sites for hydroxylation is 1. The van der Waals surface area contributed by atoms with Crippen molar-refractivity contribution in [1.29, 1.82) is 0 Å². The molecule has 1 amide bonds. The predicted molar refractivity (Wildman–Crippen MR) is 71.9 cm³/mol. The largest absolute Gasteiger partial charge is 0.388 e. The molecule has 1 aromatic rings. The first kappa shape index (κ1) is 13.4. The number of hydrogen-bond donors (Lipinski definition) is 2. The zero-order valence-corrected chi connectivity index (χ0v) is 11.3. The van der Waals surface area contributed by atoms with Gasteiger partial charge in [0.15, 0.2) is 0 Å². The lowest BCUT2D eigenvalue weighted by Crippen LogP contribution is -2.40. The van der Waals surface area contributed by atoms with Gasteiger partial charge in [-0.15, -0.1) is 0 Å². The van der Waals surface area contributed by atoms with Gasteiger partial charge in [0, 0.05) is 17.1 Å². The molecule has 0 heterocycles. The highest BCUT2D eigenvalue weighted by molar-refractivity contribution is 6.31. The Morgan fingerprint density at radius 2 is 2.06 bits per heavy atom. The van der Waals surface area contributed by atoms with Crippen molar-refractivity contribution in [3.05, 3.63) is 34.3 Å². The molecular weight excluding hydrogens is 250 g/mol. The minimum absolute atomic E-state index is 0.180. The minimum atomic E-state index is -0.719. The van der Waals surface area contributed by atoms with Gasteiger partial charge in [-0.1, -0.05) is 24.4 Å². The average Bonchev–Trinajstić information content (AvgIpc) is 2.72. The molecule has 1 fully saturated rings. The summed E-state index contributed by atoms with van der Waals surface area (Å²) in [6.07, 6.45) is 3.59. The number of benzene rings is 1. The number of aliphatic hydroxyl groups is 1. The van der Waals surface area contributed by atoms with E-state index in [2.05, 4.69) is 5.32 Å². The van der Waals surface area contributed by atoms with Gasteiger partial charge in [0.25, 0.3) is 5.91 Å². The summed E-state index contributed by atoms with van der Waals surface area (Å²) in [6.45, 7) is 2.21. The lowest BCUT2D eigenvalue weighted by atomic mass is 10.0. The Labute approximate surface area is 112 Å². The number of rotatable bonds is 3. The molecular formula is C14H18ClNO2. The van der Waals surface area contributed by atoms with Crippen LogP contribution in [0.5, 0.6) is 0 Å². The van der Waals surface area contributed by atoms with Gasteiger partial charge >= 0.3 is 0 Å². The Bertz CT molecular complexity index is 433. The molecule has 3 nitrogen and oxygen atoms in total. The third-order valence-electron chi connectivity index (χ3n) is 3.42. The maximum absolute atomic E-state index is 12.0. The molecule has 98 valence electrons. The Morgan fingerprint density at radius 1 is 1.39 bits per heavy atom. The summed E-state index contributed by atoms with van der Waals surface area (Å²) in [5, 5.41) is 13.5. The third-order valence-corrected chi connectivity index (χ3v) is 3.63. The van der Waals surface area contributed by atoms with Crippen LogP contribution in [-0.4, -0.2) is 23.2 Å². The van der Waals surface area contributed by atoms with Crippen molar-refractivity contribution < 1.29 is 9.90 Å². The Hall–Kier alpha value is -1.06. The van der Waals surface area contributed by atoms with Gasteiger partial charge in [0.2, 0.25) is 0 Å². The van der Waals surface area contributed by atoms with Crippen molar-refractivity contribution in [2.75, 3.05) is 6.54 Å². The molecule has 2 rings (SSSR count). The summed E-state index contributed by atoms with van der Waals surface area (Å²) in [6, 6.07) is 5.24. The second-order valence-corrected chi connectivity index (χ2v) is 5.57. The molecule has 2 N–H and O–H groups in total. The highest BCUT2D eigenvalue weighted by Crippen LogP contribution is 2.28. The highest BCUT2D eigenvalue weighted by atomic mass is 35.5. The van der Waals surface area contributed by atoms with Gasteiger partial charge in [0.05, 0.1) is 5.60 Å². The molecule has 0 spiro atoms. The van der Waals surface area contributed by atoms with Gasteiger partial charge in [-0.05, 0) is 43.5 Å². The van der Waals surface area contributed by atoms with Crippen molar-refractivity contribution in [1.82, 2.24) is 5.32 Å². The number of amides is 1. The van der Waals surface area contributed by atoms with E-state index in [4.69, 9.17) is 11.6 Å². The van der Waals surface area contributed by atoms with E-state index in [0.717, 1.165) is 31.2 Å². The fraction of sp³-hybridized carbons (Fsp3) is 0.500. The number of halogens is 1. The predicted octanol–water partition coefficient (Wildman–Crippen LogP) is 2.68. The van der Waals surface area contributed by atoms with Crippen molar-refractivity contribution in [3.63, 3.8) is 0 Å². The van der Waals surface area contributed by atoms with Gasteiger partial charge in [-0.3, -0.25) is 4.79 Å². The summed E-state index contributed by atoms with van der Waals surface area (Å²) in [7, 11) is 0. The molecule has 0 saturated heterocycles. The molecule has 1 aliphatic carbocycles. The molecule has 4 heteroatoms. The molecule has 1 aromatic carbocycles. The second-order valence-electron chi connectivity index (χ2n) is 5.13. The molecule has 0 aromatic heterocycles. The summed E-state index contributed by atoms with van der Waals surface area (Å²) in [5.41, 5.74) is 0.775. The second kappa shape index (κ2) is 5.29. The van der Waals surface area contributed by atoms with Crippen molar-refractivity contribution in [2.24, 2.45) is 0 Å². The lowest BCUT2D eigenvalue weighted by Gasteiger charge is -2.22. The van der Waals surface area contributed by atoms with E-state index in [1.807, 2.05) is 13.0 Å². The smallest absolute Gasteiger partial charge is 0.251 e. The van der Waals surface area contributed by atoms with Crippen molar-refractivity contribution in [2.45, 2.75) is 38.2 Å². The van der Waals surface area contributed by atoms with Crippen LogP contribution in [0.3, 0.4) is 0 Å². The van der Waals surface area contributed by atoms with Gasteiger partial charge in [-0.25, -0.2) is 0 Å². The van der Waals surface area contributed by atoms with Crippen molar-refractivity contribution >= 4 is 17.5 Å². The molecule has 0 bridgehead atoms. The van der Waals surface area contributed by atoms with Crippen LogP contribution in [0.25, 0.3) is 0 Å². The van der Waals surface area contributed by atoms with Crippen molar-refractivity contribution in [3.8, 4) is 0 Å². The van der Waals surface area contributed by atoms with E-state index in [1.165, 1.54) is 0 Å².